The lowest BCUT2D eigenvalue weighted by molar-refractivity contribution is -0.293. The summed E-state index contributed by atoms with van der Waals surface area (Å²) in [5, 5.41) is 11.6. The van der Waals surface area contributed by atoms with Crippen LogP contribution in [0.1, 0.15) is 52.9 Å². The molecule has 2 atom stereocenters. The predicted molar refractivity (Wildman–Crippen MR) is 59.4 cm³/mol. The van der Waals surface area contributed by atoms with E-state index >= 15 is 0 Å². The van der Waals surface area contributed by atoms with Gasteiger partial charge in [0.2, 0.25) is 0 Å². The minimum Gasteiger partial charge on any atom is -0.394 e. The van der Waals surface area contributed by atoms with E-state index in [1.165, 1.54) is 19.3 Å². The summed E-state index contributed by atoms with van der Waals surface area (Å²) in [4.78, 5) is 5.92. The summed E-state index contributed by atoms with van der Waals surface area (Å²) in [5.74, 6) is 0. The zero-order valence-electron chi connectivity index (χ0n) is 10.1. The van der Waals surface area contributed by atoms with Crippen LogP contribution in [0.2, 0.25) is 0 Å². The summed E-state index contributed by atoms with van der Waals surface area (Å²) in [5.41, 5.74) is -0.147. The number of aliphatic hydroxyl groups is 1. The molecule has 0 aliphatic carbocycles. The van der Waals surface area contributed by atoms with Crippen molar-refractivity contribution in [2.24, 2.45) is 0 Å². The maximum Gasteiger partial charge on any atom is 0.0863 e. The highest BCUT2D eigenvalue weighted by Gasteiger charge is 2.60. The molecule has 3 heteroatoms. The normalized spacial score (nSPS) is 38.8. The van der Waals surface area contributed by atoms with E-state index in [1.54, 1.807) is 0 Å². The van der Waals surface area contributed by atoms with Crippen molar-refractivity contribution in [2.75, 3.05) is 6.61 Å². The van der Waals surface area contributed by atoms with Gasteiger partial charge in [0.15, 0.2) is 0 Å². The molecule has 3 nitrogen and oxygen atoms in total. The quantitative estimate of drug-likeness (QED) is 0.776. The van der Waals surface area contributed by atoms with Crippen molar-refractivity contribution in [3.63, 3.8) is 0 Å². The third kappa shape index (κ3) is 1.81. The Balaban J connectivity index is 1.98. The fourth-order valence-corrected chi connectivity index (χ4v) is 3.15. The van der Waals surface area contributed by atoms with Crippen LogP contribution >= 0.6 is 0 Å². The first-order valence-corrected chi connectivity index (χ1v) is 6.12. The molecule has 2 unspecified atom stereocenters. The summed E-state index contributed by atoms with van der Waals surface area (Å²) < 4.78 is 0. The van der Waals surface area contributed by atoms with Crippen LogP contribution in [0.5, 0.6) is 0 Å². The average Bonchev–Trinajstić information content (AvgIpc) is 2.38. The highest BCUT2D eigenvalue weighted by atomic mass is 16.7. The molecule has 2 saturated heterocycles. The molecular formula is C12H23NO2. The van der Waals surface area contributed by atoms with E-state index in [0.29, 0.717) is 6.04 Å². The van der Waals surface area contributed by atoms with E-state index < -0.39 is 0 Å². The summed E-state index contributed by atoms with van der Waals surface area (Å²) >= 11 is 0. The molecule has 2 heterocycles. The van der Waals surface area contributed by atoms with Crippen LogP contribution in [-0.2, 0) is 4.84 Å². The van der Waals surface area contributed by atoms with E-state index in [4.69, 9.17) is 4.84 Å². The molecule has 0 aromatic heterocycles. The molecule has 1 N–H and O–H groups in total. The smallest absolute Gasteiger partial charge is 0.0863 e. The third-order valence-corrected chi connectivity index (χ3v) is 3.70. The van der Waals surface area contributed by atoms with Gasteiger partial charge in [0.25, 0.3) is 0 Å². The van der Waals surface area contributed by atoms with Gasteiger partial charge in [-0.1, -0.05) is 19.8 Å². The van der Waals surface area contributed by atoms with Crippen LogP contribution in [0.3, 0.4) is 0 Å². The molecular weight excluding hydrogens is 190 g/mol. The monoisotopic (exact) mass is 213 g/mol. The minimum absolute atomic E-state index is 0.0537. The van der Waals surface area contributed by atoms with Crippen molar-refractivity contribution >= 4 is 0 Å². The van der Waals surface area contributed by atoms with Crippen molar-refractivity contribution in [1.29, 1.82) is 0 Å². The van der Waals surface area contributed by atoms with Gasteiger partial charge in [-0.15, -0.1) is 0 Å². The fourth-order valence-electron chi connectivity index (χ4n) is 3.15. The second-order valence-electron chi connectivity index (χ2n) is 5.74. The Labute approximate surface area is 92.4 Å². The van der Waals surface area contributed by atoms with Gasteiger partial charge >= 0.3 is 0 Å². The molecule has 15 heavy (non-hydrogen) atoms. The number of aliphatic hydroxyl groups excluding tert-OH is 1. The summed E-state index contributed by atoms with van der Waals surface area (Å²) in [6.07, 6.45) is 5.76. The van der Waals surface area contributed by atoms with Gasteiger partial charge < -0.3 is 5.11 Å². The van der Waals surface area contributed by atoms with Gasteiger partial charge in [0, 0.05) is 12.5 Å². The van der Waals surface area contributed by atoms with E-state index in [2.05, 4.69) is 25.8 Å². The number of hydroxylamine groups is 2. The number of fused-ring (bicyclic) bond motifs is 1. The van der Waals surface area contributed by atoms with E-state index in [9.17, 15) is 5.11 Å². The summed E-state index contributed by atoms with van der Waals surface area (Å²) in [7, 11) is 0. The molecule has 0 aromatic rings. The lowest BCUT2D eigenvalue weighted by atomic mass is 9.75. The van der Waals surface area contributed by atoms with Crippen LogP contribution in [-0.4, -0.2) is 34.0 Å². The van der Waals surface area contributed by atoms with E-state index in [1.807, 2.05) is 0 Å². The molecule has 0 bridgehead atoms. The second-order valence-corrected chi connectivity index (χ2v) is 5.74. The predicted octanol–water partition coefficient (Wildman–Crippen LogP) is 2.10. The van der Waals surface area contributed by atoms with Crippen LogP contribution in [0.25, 0.3) is 0 Å². The first-order chi connectivity index (χ1) is 7.03. The van der Waals surface area contributed by atoms with E-state index in [0.717, 1.165) is 12.8 Å². The van der Waals surface area contributed by atoms with Gasteiger partial charge in [-0.25, -0.2) is 0 Å². The first-order valence-electron chi connectivity index (χ1n) is 6.12. The Morgan fingerprint density at radius 2 is 2.20 bits per heavy atom. The van der Waals surface area contributed by atoms with Crippen molar-refractivity contribution in [3.8, 4) is 0 Å². The van der Waals surface area contributed by atoms with Crippen molar-refractivity contribution < 1.29 is 9.94 Å². The van der Waals surface area contributed by atoms with Gasteiger partial charge in [-0.05, 0) is 26.7 Å². The zero-order chi connectivity index (χ0) is 11.1. The third-order valence-electron chi connectivity index (χ3n) is 3.70. The van der Waals surface area contributed by atoms with Crippen LogP contribution in [0.15, 0.2) is 0 Å². The average molecular weight is 213 g/mol. The van der Waals surface area contributed by atoms with Crippen molar-refractivity contribution in [1.82, 2.24) is 5.06 Å². The largest absolute Gasteiger partial charge is 0.394 e. The SMILES string of the molecule is CCCCC1CC2(CO)CC(C)(C)ON12. The maximum absolute atomic E-state index is 9.50. The molecule has 0 radical (unpaired) electrons. The van der Waals surface area contributed by atoms with Gasteiger partial charge in [-0.2, -0.15) is 5.06 Å². The van der Waals surface area contributed by atoms with Gasteiger partial charge in [0.1, 0.15) is 0 Å². The van der Waals surface area contributed by atoms with Gasteiger partial charge in [0.05, 0.1) is 17.7 Å². The number of rotatable bonds is 4. The van der Waals surface area contributed by atoms with Gasteiger partial charge in [-0.3, -0.25) is 4.84 Å². The minimum atomic E-state index is -0.0936. The number of nitrogens with zero attached hydrogens (tertiary/aromatic N) is 1. The highest BCUT2D eigenvalue weighted by Crippen LogP contribution is 2.51. The molecule has 2 aliphatic rings. The zero-order valence-corrected chi connectivity index (χ0v) is 10.1. The number of hydrogen-bond acceptors (Lipinski definition) is 3. The molecule has 2 rings (SSSR count). The first kappa shape index (κ1) is 11.4. The molecule has 0 amide bonds. The Kier molecular flexibility index (Phi) is 2.82. The Morgan fingerprint density at radius 3 is 2.80 bits per heavy atom. The van der Waals surface area contributed by atoms with Crippen molar-refractivity contribution in [3.05, 3.63) is 0 Å². The van der Waals surface area contributed by atoms with Crippen molar-refractivity contribution in [2.45, 2.75) is 70.1 Å². The lowest BCUT2D eigenvalue weighted by Crippen LogP contribution is -2.63. The molecule has 88 valence electrons. The number of hydrogen-bond donors (Lipinski definition) is 1. The fraction of sp³-hybridized carbons (Fsp3) is 1.00. The molecule has 0 saturated carbocycles. The number of unbranched alkanes of at least 4 members (excludes halogenated alkanes) is 1. The molecule has 0 aromatic carbocycles. The van der Waals surface area contributed by atoms with Crippen LogP contribution in [0, 0.1) is 0 Å². The topological polar surface area (TPSA) is 32.7 Å². The highest BCUT2D eigenvalue weighted by molar-refractivity contribution is 5.09. The Morgan fingerprint density at radius 1 is 1.47 bits per heavy atom. The van der Waals surface area contributed by atoms with Crippen LogP contribution < -0.4 is 0 Å². The lowest BCUT2D eigenvalue weighted by Gasteiger charge is -2.51. The Bertz CT molecular complexity index is 242. The second kappa shape index (κ2) is 3.72. The van der Waals surface area contributed by atoms with Crippen LogP contribution in [0.4, 0.5) is 0 Å². The summed E-state index contributed by atoms with van der Waals surface area (Å²) in [6, 6.07) is 0.541. The standard InChI is InChI=1S/C12H23NO2/c1-4-5-6-10-7-12(9-14)8-11(2,3)15-13(10)12/h10,14H,4-9H2,1-3H3. The van der Waals surface area contributed by atoms with E-state index in [-0.39, 0.29) is 17.7 Å². The molecule has 2 aliphatic heterocycles. The summed E-state index contributed by atoms with van der Waals surface area (Å²) in [6.45, 7) is 6.67. The molecule has 0 spiro atoms. The molecule has 2 fully saturated rings. The maximum atomic E-state index is 9.50. The Hall–Kier alpha value is -0.120.